The first-order valence-electron chi connectivity index (χ1n) is 9.56. The van der Waals surface area contributed by atoms with Gasteiger partial charge in [-0.25, -0.2) is 13.8 Å². The van der Waals surface area contributed by atoms with Crippen molar-refractivity contribution in [2.45, 2.75) is 25.9 Å². The normalized spacial score (nSPS) is 16.5. The SMILES string of the molecule is COCCNC(=NCc1nnc(C)n1C)NC1CCN(c2ccc(F)cc2F)C1.I. The molecule has 0 bridgehead atoms. The molecular formula is C19H28F2IN7O. The molecule has 0 saturated carbocycles. The van der Waals surface area contributed by atoms with Gasteiger partial charge in [0.25, 0.3) is 0 Å². The van der Waals surface area contributed by atoms with Crippen LogP contribution >= 0.6 is 24.0 Å². The molecule has 2 N–H and O–H groups in total. The average Bonchev–Trinajstić information content (AvgIpc) is 3.27. The Bertz CT molecular complexity index is 861. The van der Waals surface area contributed by atoms with Gasteiger partial charge in [0.15, 0.2) is 11.8 Å². The molecule has 1 aromatic heterocycles. The monoisotopic (exact) mass is 535 g/mol. The van der Waals surface area contributed by atoms with Gasteiger partial charge in [0.2, 0.25) is 0 Å². The predicted molar refractivity (Wildman–Crippen MR) is 122 cm³/mol. The number of aromatic nitrogens is 3. The number of nitrogens with one attached hydrogen (secondary N) is 2. The Labute approximate surface area is 192 Å². The zero-order chi connectivity index (χ0) is 20.8. The number of hydrogen-bond acceptors (Lipinski definition) is 5. The summed E-state index contributed by atoms with van der Waals surface area (Å²) in [6, 6.07) is 3.75. The van der Waals surface area contributed by atoms with E-state index in [2.05, 4.69) is 25.8 Å². The van der Waals surface area contributed by atoms with Gasteiger partial charge in [-0.3, -0.25) is 0 Å². The molecule has 0 amide bonds. The average molecular weight is 535 g/mol. The lowest BCUT2D eigenvalue weighted by Crippen LogP contribution is -2.45. The summed E-state index contributed by atoms with van der Waals surface area (Å²) < 4.78 is 34.2. The standard InChI is InChI=1S/C19H27F2N7O.HI/c1-13-25-26-18(27(13)2)11-23-19(22-7-9-29-3)24-15-6-8-28(12-15)17-5-4-14(20)10-16(17)21;/h4-5,10,15H,6-9,11-12H2,1-3H3,(H2,22,23,24);1H. The van der Waals surface area contributed by atoms with Crippen molar-refractivity contribution in [3.63, 3.8) is 0 Å². The molecule has 0 aliphatic carbocycles. The van der Waals surface area contributed by atoms with Crippen molar-refractivity contribution in [3.8, 4) is 0 Å². The number of guanidine groups is 1. The first kappa shape index (κ1) is 24.3. The van der Waals surface area contributed by atoms with Crippen LogP contribution in [0.25, 0.3) is 0 Å². The molecule has 1 aromatic carbocycles. The fourth-order valence-electron chi connectivity index (χ4n) is 3.19. The highest BCUT2D eigenvalue weighted by molar-refractivity contribution is 14.0. The van der Waals surface area contributed by atoms with E-state index >= 15 is 0 Å². The zero-order valence-corrected chi connectivity index (χ0v) is 19.7. The van der Waals surface area contributed by atoms with E-state index in [-0.39, 0.29) is 30.0 Å². The summed E-state index contributed by atoms with van der Waals surface area (Å²) in [5.41, 5.74) is 0.413. The minimum Gasteiger partial charge on any atom is -0.383 e. The second-order valence-corrected chi connectivity index (χ2v) is 6.98. The number of aliphatic imine (C=N–C) groups is 1. The fraction of sp³-hybridized carbons (Fsp3) is 0.526. The maximum atomic E-state index is 14.1. The Morgan fingerprint density at radius 2 is 2.13 bits per heavy atom. The first-order chi connectivity index (χ1) is 14.0. The molecule has 2 heterocycles. The molecular weight excluding hydrogens is 507 g/mol. The molecule has 30 heavy (non-hydrogen) atoms. The van der Waals surface area contributed by atoms with Crippen LogP contribution in [-0.2, 0) is 18.3 Å². The highest BCUT2D eigenvalue weighted by Crippen LogP contribution is 2.24. The molecule has 1 atom stereocenters. The molecule has 1 aliphatic heterocycles. The van der Waals surface area contributed by atoms with Gasteiger partial charge >= 0.3 is 0 Å². The van der Waals surface area contributed by atoms with Crippen LogP contribution in [0.4, 0.5) is 14.5 Å². The topological polar surface area (TPSA) is 79.6 Å². The summed E-state index contributed by atoms with van der Waals surface area (Å²) in [4.78, 5) is 6.51. The number of anilines is 1. The van der Waals surface area contributed by atoms with Gasteiger partial charge < -0.3 is 24.8 Å². The quantitative estimate of drug-likeness (QED) is 0.245. The number of rotatable bonds is 7. The van der Waals surface area contributed by atoms with Gasteiger partial charge in [-0.15, -0.1) is 34.2 Å². The third-order valence-corrected chi connectivity index (χ3v) is 4.94. The van der Waals surface area contributed by atoms with E-state index in [4.69, 9.17) is 4.74 Å². The highest BCUT2D eigenvalue weighted by Gasteiger charge is 2.25. The summed E-state index contributed by atoms with van der Waals surface area (Å²) in [5, 5.41) is 14.8. The predicted octanol–water partition coefficient (Wildman–Crippen LogP) is 1.98. The third-order valence-electron chi connectivity index (χ3n) is 4.94. The van der Waals surface area contributed by atoms with Crippen LogP contribution in [0.1, 0.15) is 18.1 Å². The number of aryl methyl sites for hydroxylation is 1. The van der Waals surface area contributed by atoms with Crippen LogP contribution in [0.2, 0.25) is 0 Å². The van der Waals surface area contributed by atoms with Gasteiger partial charge in [0.1, 0.15) is 24.0 Å². The molecule has 0 spiro atoms. The van der Waals surface area contributed by atoms with E-state index in [0.29, 0.717) is 44.4 Å². The molecule has 0 radical (unpaired) electrons. The minimum atomic E-state index is -0.573. The van der Waals surface area contributed by atoms with E-state index in [1.807, 2.05) is 23.4 Å². The number of ether oxygens (including phenoxy) is 1. The van der Waals surface area contributed by atoms with Crippen LogP contribution in [0.15, 0.2) is 23.2 Å². The first-order valence-corrected chi connectivity index (χ1v) is 9.56. The summed E-state index contributed by atoms with van der Waals surface area (Å²) in [5.74, 6) is 1.10. The van der Waals surface area contributed by atoms with Crippen molar-refractivity contribution in [2.75, 3.05) is 38.3 Å². The van der Waals surface area contributed by atoms with Crippen LogP contribution in [0.3, 0.4) is 0 Å². The number of nitrogens with zero attached hydrogens (tertiary/aromatic N) is 5. The van der Waals surface area contributed by atoms with Crippen LogP contribution in [-0.4, -0.2) is 60.1 Å². The molecule has 1 aliphatic rings. The summed E-state index contributed by atoms with van der Waals surface area (Å²) in [6.45, 7) is 4.68. The van der Waals surface area contributed by atoms with Gasteiger partial charge in [-0.2, -0.15) is 0 Å². The van der Waals surface area contributed by atoms with E-state index in [1.165, 1.54) is 12.1 Å². The van der Waals surface area contributed by atoms with Gasteiger partial charge in [0.05, 0.1) is 12.3 Å². The Kier molecular flexibility index (Phi) is 9.21. The summed E-state index contributed by atoms with van der Waals surface area (Å²) in [6.07, 6.45) is 0.810. The minimum absolute atomic E-state index is 0. The summed E-state index contributed by atoms with van der Waals surface area (Å²) >= 11 is 0. The summed E-state index contributed by atoms with van der Waals surface area (Å²) in [7, 11) is 3.54. The second kappa shape index (κ2) is 11.4. The molecule has 3 rings (SSSR count). The molecule has 1 unspecified atom stereocenters. The highest BCUT2D eigenvalue weighted by atomic mass is 127. The number of benzene rings is 1. The van der Waals surface area contributed by atoms with Crippen molar-refractivity contribution >= 4 is 35.6 Å². The van der Waals surface area contributed by atoms with Gasteiger partial charge in [-0.1, -0.05) is 0 Å². The largest absolute Gasteiger partial charge is 0.383 e. The Balaban J connectivity index is 0.00000320. The fourth-order valence-corrected chi connectivity index (χ4v) is 3.19. The maximum Gasteiger partial charge on any atom is 0.192 e. The van der Waals surface area contributed by atoms with E-state index in [9.17, 15) is 8.78 Å². The van der Waals surface area contributed by atoms with E-state index < -0.39 is 11.6 Å². The van der Waals surface area contributed by atoms with Crippen LogP contribution in [0.5, 0.6) is 0 Å². The van der Waals surface area contributed by atoms with Crippen molar-refractivity contribution < 1.29 is 13.5 Å². The van der Waals surface area contributed by atoms with E-state index in [0.717, 1.165) is 24.1 Å². The molecule has 2 aromatic rings. The Morgan fingerprint density at radius 1 is 1.33 bits per heavy atom. The van der Waals surface area contributed by atoms with E-state index in [1.54, 1.807) is 7.11 Å². The smallest absolute Gasteiger partial charge is 0.192 e. The molecule has 1 fully saturated rings. The van der Waals surface area contributed by atoms with Crippen LogP contribution in [0, 0.1) is 18.6 Å². The number of hydrogen-bond donors (Lipinski definition) is 2. The molecule has 11 heteroatoms. The van der Waals surface area contributed by atoms with Crippen molar-refractivity contribution in [1.29, 1.82) is 0 Å². The molecule has 166 valence electrons. The van der Waals surface area contributed by atoms with Gasteiger partial charge in [0, 0.05) is 45.9 Å². The number of methoxy groups -OCH3 is 1. The second-order valence-electron chi connectivity index (χ2n) is 6.98. The van der Waals surface area contributed by atoms with Crippen LogP contribution < -0.4 is 15.5 Å². The van der Waals surface area contributed by atoms with Crippen molar-refractivity contribution in [1.82, 2.24) is 25.4 Å². The third kappa shape index (κ3) is 6.24. The van der Waals surface area contributed by atoms with Gasteiger partial charge in [-0.05, 0) is 25.5 Å². The Morgan fingerprint density at radius 3 is 2.80 bits per heavy atom. The zero-order valence-electron chi connectivity index (χ0n) is 17.4. The molecule has 1 saturated heterocycles. The Hall–Kier alpha value is -2.02. The van der Waals surface area contributed by atoms with Crippen molar-refractivity contribution in [2.24, 2.45) is 12.0 Å². The molecule has 8 nitrogen and oxygen atoms in total. The maximum absolute atomic E-state index is 14.1. The lowest BCUT2D eigenvalue weighted by Gasteiger charge is -2.21. The lowest BCUT2D eigenvalue weighted by atomic mass is 10.2. The lowest BCUT2D eigenvalue weighted by molar-refractivity contribution is 0.203. The number of halogens is 3. The van der Waals surface area contributed by atoms with Crippen molar-refractivity contribution in [3.05, 3.63) is 41.5 Å².